The van der Waals surface area contributed by atoms with Crippen LogP contribution in [0.15, 0.2) is 42.5 Å². The van der Waals surface area contributed by atoms with Gasteiger partial charge in [0, 0.05) is 11.5 Å². The third-order valence-corrected chi connectivity index (χ3v) is 3.82. The topological polar surface area (TPSA) is 29.5 Å². The Bertz CT molecular complexity index is 622. The largest absolute Gasteiger partial charge is 0.493 e. The Labute approximate surface area is 117 Å². The van der Waals surface area contributed by atoms with Crippen molar-refractivity contribution in [3.8, 4) is 5.75 Å². The third kappa shape index (κ3) is 2.41. The Kier molecular flexibility index (Phi) is 3.45. The van der Waals surface area contributed by atoms with E-state index in [1.165, 1.54) is 23.3 Å². The molecule has 3 rings (SSSR count). The maximum Gasteiger partial charge on any atom is 0.125 e. The predicted octanol–water partition coefficient (Wildman–Crippen LogP) is 3.60. The van der Waals surface area contributed by atoms with Gasteiger partial charge in [-0.1, -0.05) is 24.3 Å². The van der Waals surface area contributed by atoms with E-state index in [1.807, 2.05) is 12.1 Å². The number of hydrogen-bond donors (Lipinski definition) is 1. The molecule has 1 aliphatic rings. The maximum absolute atomic E-state index is 13.2. The van der Waals surface area contributed by atoms with Crippen LogP contribution >= 0.6 is 0 Å². The molecule has 2 nitrogen and oxygen atoms in total. The second-order valence-corrected chi connectivity index (χ2v) is 5.27. The van der Waals surface area contributed by atoms with E-state index in [2.05, 4.69) is 12.1 Å². The molecule has 0 spiro atoms. The smallest absolute Gasteiger partial charge is 0.125 e. The lowest BCUT2D eigenvalue weighted by Crippen LogP contribution is -2.23. The first-order valence-corrected chi connectivity index (χ1v) is 6.83. The fraction of sp³-hybridized carbons (Fsp3) is 0.294. The van der Waals surface area contributed by atoms with Gasteiger partial charge < -0.3 is 9.84 Å². The van der Waals surface area contributed by atoms with Gasteiger partial charge in [0.1, 0.15) is 11.6 Å². The Balaban J connectivity index is 1.71. The lowest BCUT2D eigenvalue weighted by Gasteiger charge is -2.30. The summed E-state index contributed by atoms with van der Waals surface area (Å²) in [6, 6.07) is 12.6. The molecule has 20 heavy (non-hydrogen) atoms. The van der Waals surface area contributed by atoms with E-state index < -0.39 is 6.10 Å². The average Bonchev–Trinajstić information content (AvgIpc) is 2.41. The number of halogens is 1. The van der Waals surface area contributed by atoms with Crippen molar-refractivity contribution in [2.45, 2.75) is 25.4 Å². The molecule has 2 unspecified atom stereocenters. The van der Waals surface area contributed by atoms with E-state index in [1.54, 1.807) is 13.0 Å². The minimum Gasteiger partial charge on any atom is -0.493 e. The van der Waals surface area contributed by atoms with Crippen LogP contribution in [0.1, 0.15) is 35.6 Å². The predicted molar refractivity (Wildman–Crippen MR) is 75.4 cm³/mol. The minimum absolute atomic E-state index is 0.359. The van der Waals surface area contributed by atoms with Crippen LogP contribution in [0.25, 0.3) is 0 Å². The van der Waals surface area contributed by atoms with Crippen molar-refractivity contribution >= 4 is 0 Å². The van der Waals surface area contributed by atoms with E-state index in [0.717, 1.165) is 6.42 Å². The van der Waals surface area contributed by atoms with Gasteiger partial charge in [0.2, 0.25) is 0 Å². The Morgan fingerprint density at radius 1 is 1.30 bits per heavy atom. The zero-order chi connectivity index (χ0) is 14.1. The van der Waals surface area contributed by atoms with Gasteiger partial charge in [0.05, 0.1) is 12.7 Å². The molecule has 0 aromatic heterocycles. The first kappa shape index (κ1) is 13.1. The highest BCUT2D eigenvalue weighted by Gasteiger charge is 2.26. The SMILES string of the molecule is CC(O)c1cc(F)ccc1OCC1Cc2ccccc21. The highest BCUT2D eigenvalue weighted by Crippen LogP contribution is 2.36. The molecule has 0 saturated carbocycles. The van der Waals surface area contributed by atoms with Crippen LogP contribution in [0.4, 0.5) is 4.39 Å². The zero-order valence-electron chi connectivity index (χ0n) is 11.3. The summed E-state index contributed by atoms with van der Waals surface area (Å²) < 4.78 is 19.0. The number of aliphatic hydroxyl groups excluding tert-OH is 1. The third-order valence-electron chi connectivity index (χ3n) is 3.82. The maximum atomic E-state index is 13.2. The van der Waals surface area contributed by atoms with Crippen molar-refractivity contribution in [3.05, 3.63) is 65.0 Å². The lowest BCUT2D eigenvalue weighted by atomic mass is 9.78. The number of rotatable bonds is 4. The summed E-state index contributed by atoms with van der Waals surface area (Å²) in [5.41, 5.74) is 3.20. The molecule has 0 bridgehead atoms. The second kappa shape index (κ2) is 5.25. The lowest BCUT2D eigenvalue weighted by molar-refractivity contribution is 0.188. The van der Waals surface area contributed by atoms with Crippen molar-refractivity contribution in [1.29, 1.82) is 0 Å². The second-order valence-electron chi connectivity index (χ2n) is 5.27. The summed E-state index contributed by atoms with van der Waals surface area (Å²) in [4.78, 5) is 0. The number of benzene rings is 2. The van der Waals surface area contributed by atoms with Gasteiger partial charge in [-0.2, -0.15) is 0 Å². The molecule has 0 fully saturated rings. The normalized spacial score (nSPS) is 18.1. The van der Waals surface area contributed by atoms with Crippen LogP contribution < -0.4 is 4.74 Å². The molecule has 2 aromatic carbocycles. The number of fused-ring (bicyclic) bond motifs is 1. The van der Waals surface area contributed by atoms with E-state index in [-0.39, 0.29) is 5.82 Å². The number of hydrogen-bond acceptors (Lipinski definition) is 2. The van der Waals surface area contributed by atoms with Gasteiger partial charge in [-0.15, -0.1) is 0 Å². The molecule has 1 aliphatic carbocycles. The molecule has 2 aromatic rings. The van der Waals surface area contributed by atoms with Crippen LogP contribution in [0.5, 0.6) is 5.75 Å². The molecule has 0 aliphatic heterocycles. The Hall–Kier alpha value is -1.87. The minimum atomic E-state index is -0.741. The average molecular weight is 272 g/mol. The van der Waals surface area contributed by atoms with Crippen LogP contribution in [-0.4, -0.2) is 11.7 Å². The van der Waals surface area contributed by atoms with Crippen molar-refractivity contribution in [1.82, 2.24) is 0 Å². The molecule has 104 valence electrons. The van der Waals surface area contributed by atoms with Gasteiger partial charge in [-0.3, -0.25) is 0 Å². The molecule has 0 amide bonds. The summed E-state index contributed by atoms with van der Waals surface area (Å²) in [6.45, 7) is 2.17. The van der Waals surface area contributed by atoms with Crippen molar-refractivity contribution in [2.75, 3.05) is 6.61 Å². The van der Waals surface area contributed by atoms with Crippen LogP contribution in [0.3, 0.4) is 0 Å². The van der Waals surface area contributed by atoms with Gasteiger partial charge >= 0.3 is 0 Å². The van der Waals surface area contributed by atoms with E-state index in [4.69, 9.17) is 4.74 Å². The first-order chi connectivity index (χ1) is 9.65. The van der Waals surface area contributed by atoms with Gasteiger partial charge in [-0.05, 0) is 42.7 Å². The van der Waals surface area contributed by atoms with Gasteiger partial charge in [0.25, 0.3) is 0 Å². The zero-order valence-corrected chi connectivity index (χ0v) is 11.3. The summed E-state index contributed by atoms with van der Waals surface area (Å²) >= 11 is 0. The number of aliphatic hydroxyl groups is 1. The van der Waals surface area contributed by atoms with Crippen LogP contribution in [0.2, 0.25) is 0 Å². The van der Waals surface area contributed by atoms with Crippen molar-refractivity contribution < 1.29 is 14.2 Å². The Morgan fingerprint density at radius 2 is 2.10 bits per heavy atom. The molecule has 0 heterocycles. The summed E-state index contributed by atoms with van der Waals surface area (Å²) in [5, 5.41) is 9.68. The summed E-state index contributed by atoms with van der Waals surface area (Å²) in [7, 11) is 0. The van der Waals surface area contributed by atoms with E-state index in [0.29, 0.717) is 23.8 Å². The highest BCUT2D eigenvalue weighted by molar-refractivity contribution is 5.41. The molecule has 3 heteroatoms. The molecule has 0 saturated heterocycles. The molecular weight excluding hydrogens is 255 g/mol. The van der Waals surface area contributed by atoms with Gasteiger partial charge in [-0.25, -0.2) is 4.39 Å². The molecular formula is C17H17FO2. The van der Waals surface area contributed by atoms with Gasteiger partial charge in [0.15, 0.2) is 0 Å². The van der Waals surface area contributed by atoms with Crippen molar-refractivity contribution in [2.24, 2.45) is 0 Å². The van der Waals surface area contributed by atoms with Crippen molar-refractivity contribution in [3.63, 3.8) is 0 Å². The van der Waals surface area contributed by atoms with Crippen LogP contribution in [0, 0.1) is 5.82 Å². The molecule has 1 N–H and O–H groups in total. The highest BCUT2D eigenvalue weighted by atomic mass is 19.1. The standard InChI is InChI=1S/C17H17FO2/c1-11(19)16-9-14(18)6-7-17(16)20-10-13-8-12-4-2-3-5-15(12)13/h2-7,9,11,13,19H,8,10H2,1H3. The van der Waals surface area contributed by atoms with E-state index >= 15 is 0 Å². The molecule has 2 atom stereocenters. The first-order valence-electron chi connectivity index (χ1n) is 6.83. The summed E-state index contributed by atoms with van der Waals surface area (Å²) in [6.07, 6.45) is 0.274. The Morgan fingerprint density at radius 3 is 2.85 bits per heavy atom. The van der Waals surface area contributed by atoms with Crippen LogP contribution in [-0.2, 0) is 6.42 Å². The number of ether oxygens (including phenoxy) is 1. The van der Waals surface area contributed by atoms with E-state index in [9.17, 15) is 9.50 Å². The monoisotopic (exact) mass is 272 g/mol. The fourth-order valence-corrected chi connectivity index (χ4v) is 2.68. The fourth-order valence-electron chi connectivity index (χ4n) is 2.68. The summed E-state index contributed by atoms with van der Waals surface area (Å²) in [5.74, 6) is 0.589. The quantitative estimate of drug-likeness (QED) is 0.921. The molecule has 0 radical (unpaired) electrons.